The molecule has 0 aliphatic heterocycles. The molecule has 422 valence electrons. The van der Waals surface area contributed by atoms with Gasteiger partial charge in [-0.3, -0.25) is 14.4 Å². The van der Waals surface area contributed by atoms with E-state index in [1.54, 1.807) is 0 Å². The van der Waals surface area contributed by atoms with Crippen LogP contribution in [0, 0.1) is 0 Å². The predicted octanol–water partition coefficient (Wildman–Crippen LogP) is 20.5. The highest BCUT2D eigenvalue weighted by molar-refractivity contribution is 5.71. The van der Waals surface area contributed by atoms with Gasteiger partial charge in [0, 0.05) is 19.3 Å². The summed E-state index contributed by atoms with van der Waals surface area (Å²) in [5.74, 6) is -1.08. The average Bonchev–Trinajstić information content (AvgIpc) is 3.42. The van der Waals surface area contributed by atoms with Gasteiger partial charge in [-0.05, 0) is 148 Å². The summed E-state index contributed by atoms with van der Waals surface area (Å²) in [4.78, 5) is 38.1. The normalized spacial score (nSPS) is 13.5. The molecular weight excluding hydrogens is 937 g/mol. The first-order chi connectivity index (χ1) is 37.5. The first kappa shape index (κ1) is 70.5. The monoisotopic (exact) mass is 1040 g/mol. The third kappa shape index (κ3) is 59.4. The molecule has 0 saturated heterocycles. The Labute approximate surface area is 465 Å². The number of hydrogen-bond acceptors (Lipinski definition) is 6. The van der Waals surface area contributed by atoms with Crippen molar-refractivity contribution in [3.8, 4) is 0 Å². The minimum atomic E-state index is -0.845. The molecule has 1 unspecified atom stereocenters. The van der Waals surface area contributed by atoms with E-state index in [-0.39, 0.29) is 38.0 Å². The van der Waals surface area contributed by atoms with Gasteiger partial charge in [0.15, 0.2) is 6.10 Å². The highest BCUT2D eigenvalue weighted by atomic mass is 16.6. The van der Waals surface area contributed by atoms with Gasteiger partial charge in [-0.2, -0.15) is 0 Å². The summed E-state index contributed by atoms with van der Waals surface area (Å²) in [7, 11) is 0. The van der Waals surface area contributed by atoms with Crippen molar-refractivity contribution in [2.24, 2.45) is 0 Å². The highest BCUT2D eigenvalue weighted by Gasteiger charge is 2.19. The van der Waals surface area contributed by atoms with Crippen LogP contribution in [-0.2, 0) is 28.6 Å². The third-order valence-electron chi connectivity index (χ3n) is 11.6. The highest BCUT2D eigenvalue weighted by Crippen LogP contribution is 2.11. The minimum Gasteiger partial charge on any atom is -0.462 e. The van der Waals surface area contributed by atoms with Gasteiger partial charge < -0.3 is 14.2 Å². The molecule has 0 fully saturated rings. The molecule has 0 saturated carbocycles. The number of esters is 3. The van der Waals surface area contributed by atoms with E-state index in [0.717, 1.165) is 135 Å². The summed E-state index contributed by atoms with van der Waals surface area (Å²) in [6, 6.07) is 0. The Hall–Kier alpha value is -5.49. The molecule has 0 aromatic heterocycles. The second-order valence-electron chi connectivity index (χ2n) is 18.8. The molecule has 0 rings (SSSR count). The lowest BCUT2D eigenvalue weighted by molar-refractivity contribution is -0.167. The second-order valence-corrected chi connectivity index (χ2v) is 18.8. The molecule has 6 heteroatoms. The molecule has 0 amide bonds. The molecule has 0 aliphatic carbocycles. The standard InChI is InChI=1S/C70H106O6/c1-4-7-10-13-16-19-22-25-27-29-30-31-32-33-34-35-36-37-38-39-40-42-43-45-48-51-54-57-60-63-69(72)75-66-67(65-74-68(71)62-59-56-53-50-47-24-21-18-15-12-9-6-3)76-70(73)64-61-58-55-52-49-46-44-41-28-26-23-20-17-14-11-8-5-2/h7-8,10-11,16-21,25-28,30-31,33-34,36-37,39-40,43-46,51-52,54-55,67H,4-6,9,12-15,22-24,29,32,35,38,41-42,47-50,53,56-66H2,1-3H3/b10-7-,11-8-,19-16-,20-17-,21-18-,27-25-,28-26-,31-30-,34-33-,37-36-,40-39-,45-43-,46-44-,54-51-,55-52-. The predicted molar refractivity (Wildman–Crippen MR) is 329 cm³/mol. The van der Waals surface area contributed by atoms with E-state index in [1.807, 2.05) is 0 Å². The number of ether oxygens (including phenoxy) is 3. The molecule has 0 aromatic carbocycles. The molecule has 0 aliphatic rings. The van der Waals surface area contributed by atoms with E-state index in [1.165, 1.54) is 32.1 Å². The zero-order valence-corrected chi connectivity index (χ0v) is 48.2. The van der Waals surface area contributed by atoms with Crippen molar-refractivity contribution in [2.45, 2.75) is 226 Å². The number of rotatable bonds is 51. The quantitative estimate of drug-likeness (QED) is 0.0261. The lowest BCUT2D eigenvalue weighted by Gasteiger charge is -2.18. The minimum absolute atomic E-state index is 0.132. The van der Waals surface area contributed by atoms with Crippen molar-refractivity contribution in [3.63, 3.8) is 0 Å². The van der Waals surface area contributed by atoms with Crippen LogP contribution in [-0.4, -0.2) is 37.2 Å². The van der Waals surface area contributed by atoms with Crippen LogP contribution in [0.25, 0.3) is 0 Å². The van der Waals surface area contributed by atoms with Crippen LogP contribution < -0.4 is 0 Å². The van der Waals surface area contributed by atoms with Crippen LogP contribution >= 0.6 is 0 Å². The van der Waals surface area contributed by atoms with Crippen molar-refractivity contribution < 1.29 is 28.6 Å². The Balaban J connectivity index is 4.53. The van der Waals surface area contributed by atoms with E-state index in [2.05, 4.69) is 203 Å². The summed E-state index contributed by atoms with van der Waals surface area (Å²) in [6.07, 6.45) is 93.3. The maximum Gasteiger partial charge on any atom is 0.306 e. The van der Waals surface area contributed by atoms with Crippen molar-refractivity contribution >= 4 is 17.9 Å². The summed E-state index contributed by atoms with van der Waals surface area (Å²) < 4.78 is 16.7. The molecule has 0 spiro atoms. The van der Waals surface area contributed by atoms with E-state index in [4.69, 9.17) is 14.2 Å². The summed E-state index contributed by atoms with van der Waals surface area (Å²) in [5, 5.41) is 0. The van der Waals surface area contributed by atoms with Gasteiger partial charge in [-0.25, -0.2) is 0 Å². The smallest absolute Gasteiger partial charge is 0.306 e. The molecule has 0 heterocycles. The number of carbonyl (C=O) groups excluding carboxylic acids is 3. The lowest BCUT2D eigenvalue weighted by Crippen LogP contribution is -2.30. The largest absolute Gasteiger partial charge is 0.462 e. The van der Waals surface area contributed by atoms with E-state index in [0.29, 0.717) is 19.3 Å². The fourth-order valence-electron chi connectivity index (χ4n) is 7.24. The summed E-state index contributed by atoms with van der Waals surface area (Å²) in [5.41, 5.74) is 0. The van der Waals surface area contributed by atoms with Crippen molar-refractivity contribution in [1.82, 2.24) is 0 Å². The van der Waals surface area contributed by atoms with Crippen molar-refractivity contribution in [3.05, 3.63) is 182 Å². The van der Waals surface area contributed by atoms with Gasteiger partial charge in [0.05, 0.1) is 0 Å². The number of allylic oxidation sites excluding steroid dienone is 30. The first-order valence-corrected chi connectivity index (χ1v) is 29.8. The number of hydrogen-bond donors (Lipinski definition) is 0. The second kappa shape index (κ2) is 62.1. The SMILES string of the molecule is CC/C=C\C/C=C\C/C=C\C/C=C\C/C=C\C/C=C\C/C=C\C/C=C\C/C=C\CCCC(=O)OCC(COC(=O)CCCCCCC/C=C\CCCCC)OC(=O)CCC/C=C\C/C=C\C/C=C\C/C=C\C/C=C\CC. The van der Waals surface area contributed by atoms with Gasteiger partial charge in [0.1, 0.15) is 13.2 Å². The number of carbonyl (C=O) groups is 3. The Kier molecular flexibility index (Phi) is 57.6. The van der Waals surface area contributed by atoms with Gasteiger partial charge >= 0.3 is 17.9 Å². The van der Waals surface area contributed by atoms with Gasteiger partial charge in [0.25, 0.3) is 0 Å². The van der Waals surface area contributed by atoms with Crippen molar-refractivity contribution in [1.29, 1.82) is 0 Å². The maximum atomic E-state index is 12.8. The van der Waals surface area contributed by atoms with Gasteiger partial charge in [0.2, 0.25) is 0 Å². The molecule has 0 radical (unpaired) electrons. The fraction of sp³-hybridized carbons (Fsp3) is 0.529. The van der Waals surface area contributed by atoms with Crippen LogP contribution in [0.4, 0.5) is 0 Å². The summed E-state index contributed by atoms with van der Waals surface area (Å²) in [6.45, 7) is 6.26. The molecule has 0 bridgehead atoms. The van der Waals surface area contributed by atoms with Crippen LogP contribution in [0.15, 0.2) is 182 Å². The van der Waals surface area contributed by atoms with E-state index in [9.17, 15) is 14.4 Å². The average molecular weight is 1040 g/mol. The molecule has 1 atom stereocenters. The van der Waals surface area contributed by atoms with E-state index < -0.39 is 12.1 Å². The Morgan fingerprint density at radius 3 is 0.868 bits per heavy atom. The third-order valence-corrected chi connectivity index (χ3v) is 11.6. The topological polar surface area (TPSA) is 78.9 Å². The maximum absolute atomic E-state index is 12.8. The number of unbranched alkanes of at least 4 members (excludes halogenated alkanes) is 10. The zero-order chi connectivity index (χ0) is 55.0. The molecular formula is C70H106O6. The fourth-order valence-corrected chi connectivity index (χ4v) is 7.24. The first-order valence-electron chi connectivity index (χ1n) is 29.8. The molecule has 76 heavy (non-hydrogen) atoms. The van der Waals surface area contributed by atoms with Gasteiger partial charge in [-0.1, -0.05) is 235 Å². The van der Waals surface area contributed by atoms with Crippen molar-refractivity contribution in [2.75, 3.05) is 13.2 Å². The Morgan fingerprint density at radius 2 is 0.526 bits per heavy atom. The van der Waals surface area contributed by atoms with Crippen LogP contribution in [0.5, 0.6) is 0 Å². The van der Waals surface area contributed by atoms with Crippen LogP contribution in [0.1, 0.15) is 220 Å². The lowest BCUT2D eigenvalue weighted by atomic mass is 10.1. The Bertz CT molecular complexity index is 1820. The zero-order valence-electron chi connectivity index (χ0n) is 48.2. The van der Waals surface area contributed by atoms with Gasteiger partial charge in [-0.15, -0.1) is 0 Å². The Morgan fingerprint density at radius 1 is 0.276 bits per heavy atom. The summed E-state index contributed by atoms with van der Waals surface area (Å²) >= 11 is 0. The van der Waals surface area contributed by atoms with Crippen LogP contribution in [0.2, 0.25) is 0 Å². The van der Waals surface area contributed by atoms with Crippen LogP contribution in [0.3, 0.4) is 0 Å². The molecule has 0 N–H and O–H groups in total. The molecule has 0 aromatic rings. The van der Waals surface area contributed by atoms with E-state index >= 15 is 0 Å². The molecule has 6 nitrogen and oxygen atoms in total.